The van der Waals surface area contributed by atoms with Crippen molar-refractivity contribution in [3.63, 3.8) is 0 Å². The molecule has 2 aromatic rings. The van der Waals surface area contributed by atoms with Crippen molar-refractivity contribution in [2.45, 2.75) is 38.5 Å². The molecule has 1 heterocycles. The summed E-state index contributed by atoms with van der Waals surface area (Å²) in [5.74, 6) is 0.901. The van der Waals surface area contributed by atoms with Crippen LogP contribution in [0.2, 0.25) is 0 Å². The van der Waals surface area contributed by atoms with Gasteiger partial charge >= 0.3 is 0 Å². The zero-order valence-corrected chi connectivity index (χ0v) is 11.3. The molecule has 4 N–H and O–H groups in total. The van der Waals surface area contributed by atoms with Gasteiger partial charge in [0.2, 0.25) is 0 Å². The van der Waals surface area contributed by atoms with Crippen LogP contribution in [0.1, 0.15) is 38.5 Å². The molecule has 0 bridgehead atoms. The summed E-state index contributed by atoms with van der Waals surface area (Å²) in [5, 5.41) is 11.5. The van der Waals surface area contributed by atoms with E-state index in [1.165, 1.54) is 38.5 Å². The fourth-order valence-corrected chi connectivity index (χ4v) is 3.05. The third-order valence-corrected chi connectivity index (χ3v) is 4.20. The van der Waals surface area contributed by atoms with Crippen LogP contribution in [0.15, 0.2) is 18.3 Å². The van der Waals surface area contributed by atoms with Gasteiger partial charge < -0.3 is 11.1 Å². The Labute approximate surface area is 113 Å². The lowest BCUT2D eigenvalue weighted by atomic mass is 9.87. The van der Waals surface area contributed by atoms with Crippen molar-refractivity contribution in [2.75, 3.05) is 17.6 Å². The molecule has 0 unspecified atom stereocenters. The highest BCUT2D eigenvalue weighted by atomic mass is 15.1. The molecule has 0 aliphatic heterocycles. The van der Waals surface area contributed by atoms with Gasteiger partial charge in [0, 0.05) is 11.9 Å². The zero-order chi connectivity index (χ0) is 13.1. The van der Waals surface area contributed by atoms with Crippen LogP contribution in [0.3, 0.4) is 0 Å². The van der Waals surface area contributed by atoms with Crippen LogP contribution in [-0.2, 0) is 0 Å². The van der Waals surface area contributed by atoms with Crippen LogP contribution in [0.25, 0.3) is 10.9 Å². The monoisotopic (exact) mass is 258 g/mol. The molecule has 4 heteroatoms. The van der Waals surface area contributed by atoms with E-state index in [-0.39, 0.29) is 0 Å². The normalized spacial score (nSPS) is 16.8. The van der Waals surface area contributed by atoms with Gasteiger partial charge in [0.25, 0.3) is 0 Å². The van der Waals surface area contributed by atoms with Gasteiger partial charge in [0.1, 0.15) is 0 Å². The van der Waals surface area contributed by atoms with E-state index >= 15 is 0 Å². The second kappa shape index (κ2) is 5.51. The van der Waals surface area contributed by atoms with Crippen molar-refractivity contribution >= 4 is 22.3 Å². The minimum Gasteiger partial charge on any atom is -0.397 e. The summed E-state index contributed by atoms with van der Waals surface area (Å²) in [7, 11) is 0. The van der Waals surface area contributed by atoms with E-state index in [2.05, 4.69) is 21.6 Å². The summed E-state index contributed by atoms with van der Waals surface area (Å²) >= 11 is 0. The average Bonchev–Trinajstić information content (AvgIpc) is 2.87. The van der Waals surface area contributed by atoms with Crippen LogP contribution in [0.4, 0.5) is 11.4 Å². The molecule has 102 valence electrons. The first-order valence-electron chi connectivity index (χ1n) is 7.29. The first-order chi connectivity index (χ1) is 9.33. The molecular weight excluding hydrogens is 236 g/mol. The summed E-state index contributed by atoms with van der Waals surface area (Å²) in [4.78, 5) is 0. The quantitative estimate of drug-likeness (QED) is 0.735. The van der Waals surface area contributed by atoms with Gasteiger partial charge in [-0.1, -0.05) is 32.1 Å². The Bertz CT molecular complexity index is 540. The van der Waals surface area contributed by atoms with Crippen LogP contribution in [0.5, 0.6) is 0 Å². The Kier molecular flexibility index (Phi) is 3.58. The van der Waals surface area contributed by atoms with Gasteiger partial charge in [0.05, 0.1) is 23.1 Å². The highest BCUT2D eigenvalue weighted by Crippen LogP contribution is 2.28. The van der Waals surface area contributed by atoms with Gasteiger partial charge in [-0.05, 0) is 24.5 Å². The number of nitrogens with one attached hydrogen (secondary N) is 2. The van der Waals surface area contributed by atoms with Crippen molar-refractivity contribution in [2.24, 2.45) is 5.92 Å². The van der Waals surface area contributed by atoms with E-state index in [9.17, 15) is 0 Å². The lowest BCUT2D eigenvalue weighted by Gasteiger charge is -2.21. The number of nitrogens with two attached hydrogens (primary N) is 1. The minimum atomic E-state index is 0.803. The smallest absolute Gasteiger partial charge is 0.0672 e. The minimum absolute atomic E-state index is 0.803. The highest BCUT2D eigenvalue weighted by molar-refractivity contribution is 5.88. The number of aromatic nitrogens is 2. The largest absolute Gasteiger partial charge is 0.397 e. The lowest BCUT2D eigenvalue weighted by Crippen LogP contribution is -2.12. The Morgan fingerprint density at radius 1 is 1.26 bits per heavy atom. The van der Waals surface area contributed by atoms with E-state index < -0.39 is 0 Å². The summed E-state index contributed by atoms with van der Waals surface area (Å²) in [6, 6.07) is 4.03. The maximum Gasteiger partial charge on any atom is 0.0672 e. The van der Waals surface area contributed by atoms with Gasteiger partial charge in [-0.15, -0.1) is 0 Å². The molecule has 0 amide bonds. The number of hydrogen-bond acceptors (Lipinski definition) is 3. The van der Waals surface area contributed by atoms with Crippen molar-refractivity contribution < 1.29 is 0 Å². The highest BCUT2D eigenvalue weighted by Gasteiger charge is 2.13. The summed E-state index contributed by atoms with van der Waals surface area (Å²) in [5.41, 5.74) is 8.92. The fourth-order valence-electron chi connectivity index (χ4n) is 3.05. The SMILES string of the molecule is Nc1cc2cn[nH]c2cc1NCCC1CCCCC1. The molecule has 0 atom stereocenters. The van der Waals surface area contributed by atoms with E-state index in [1.807, 2.05) is 6.07 Å². The molecule has 4 nitrogen and oxygen atoms in total. The van der Waals surface area contributed by atoms with Gasteiger partial charge in [-0.3, -0.25) is 5.10 Å². The van der Waals surface area contributed by atoms with E-state index in [4.69, 9.17) is 5.73 Å². The maximum atomic E-state index is 6.06. The number of nitrogens with zero attached hydrogens (tertiary/aromatic N) is 1. The lowest BCUT2D eigenvalue weighted by molar-refractivity contribution is 0.345. The predicted molar refractivity (Wildman–Crippen MR) is 80.2 cm³/mol. The van der Waals surface area contributed by atoms with Crippen LogP contribution in [-0.4, -0.2) is 16.7 Å². The van der Waals surface area contributed by atoms with Gasteiger partial charge in [-0.2, -0.15) is 5.10 Å². The second-order valence-corrected chi connectivity index (χ2v) is 5.62. The first kappa shape index (κ1) is 12.3. The third-order valence-electron chi connectivity index (χ3n) is 4.20. The van der Waals surface area contributed by atoms with E-state index in [1.54, 1.807) is 6.20 Å². The molecule has 1 aliphatic rings. The van der Waals surface area contributed by atoms with Crippen molar-refractivity contribution in [3.8, 4) is 0 Å². The van der Waals surface area contributed by atoms with Crippen LogP contribution < -0.4 is 11.1 Å². The number of anilines is 2. The number of benzene rings is 1. The summed E-state index contributed by atoms with van der Waals surface area (Å²) in [6.45, 7) is 1.01. The average molecular weight is 258 g/mol. The van der Waals surface area contributed by atoms with Crippen molar-refractivity contribution in [1.82, 2.24) is 10.2 Å². The third kappa shape index (κ3) is 2.83. The molecule has 1 fully saturated rings. The molecule has 3 rings (SSSR count). The van der Waals surface area contributed by atoms with Crippen LogP contribution >= 0.6 is 0 Å². The number of nitrogen functional groups attached to an aromatic ring is 1. The molecule has 0 spiro atoms. The Morgan fingerprint density at radius 2 is 2.11 bits per heavy atom. The molecular formula is C15H22N4. The standard InChI is InChI=1S/C15H22N4/c16-13-8-12-10-18-19-14(12)9-15(13)17-7-6-11-4-2-1-3-5-11/h8-11,17H,1-7,16H2,(H,18,19). The number of aromatic amines is 1. The molecule has 19 heavy (non-hydrogen) atoms. The first-order valence-corrected chi connectivity index (χ1v) is 7.29. The Morgan fingerprint density at radius 3 is 2.95 bits per heavy atom. The Balaban J connectivity index is 1.59. The van der Waals surface area contributed by atoms with Gasteiger partial charge in [-0.25, -0.2) is 0 Å². The summed E-state index contributed by atoms with van der Waals surface area (Å²) < 4.78 is 0. The predicted octanol–water partition coefficient (Wildman–Crippen LogP) is 3.53. The van der Waals surface area contributed by atoms with Crippen LogP contribution in [0, 0.1) is 5.92 Å². The number of H-pyrrole nitrogens is 1. The molecule has 1 saturated carbocycles. The maximum absolute atomic E-state index is 6.06. The van der Waals surface area contributed by atoms with Gasteiger partial charge in [0.15, 0.2) is 0 Å². The molecule has 0 radical (unpaired) electrons. The fraction of sp³-hybridized carbons (Fsp3) is 0.533. The Hall–Kier alpha value is -1.71. The van der Waals surface area contributed by atoms with E-state index in [0.717, 1.165) is 34.7 Å². The molecule has 0 saturated heterocycles. The summed E-state index contributed by atoms with van der Waals surface area (Å²) in [6.07, 6.45) is 10.1. The molecule has 1 aliphatic carbocycles. The number of fused-ring (bicyclic) bond motifs is 1. The van der Waals surface area contributed by atoms with Crippen molar-refractivity contribution in [3.05, 3.63) is 18.3 Å². The second-order valence-electron chi connectivity index (χ2n) is 5.62. The van der Waals surface area contributed by atoms with Crippen molar-refractivity contribution in [1.29, 1.82) is 0 Å². The zero-order valence-electron chi connectivity index (χ0n) is 11.3. The molecule has 1 aromatic heterocycles. The topological polar surface area (TPSA) is 66.7 Å². The number of rotatable bonds is 4. The van der Waals surface area contributed by atoms with E-state index in [0.29, 0.717) is 0 Å². The number of hydrogen-bond donors (Lipinski definition) is 3. The molecule has 1 aromatic carbocycles.